The number of hydrogen-bond acceptors (Lipinski definition) is 2. The Morgan fingerprint density at radius 1 is 1.44 bits per heavy atom. The van der Waals surface area contributed by atoms with Crippen molar-refractivity contribution in [3.63, 3.8) is 0 Å². The molecule has 1 aliphatic heterocycles. The Bertz CT molecular complexity index is 408. The van der Waals surface area contributed by atoms with Crippen LogP contribution in [0.3, 0.4) is 0 Å². The van der Waals surface area contributed by atoms with Crippen molar-refractivity contribution in [3.05, 3.63) is 35.4 Å². The van der Waals surface area contributed by atoms with Crippen LogP contribution in [0.25, 0.3) is 0 Å². The van der Waals surface area contributed by atoms with Crippen LogP contribution in [0.4, 0.5) is 0 Å². The molecule has 0 radical (unpaired) electrons. The average molecular weight is 280 g/mol. The van der Waals surface area contributed by atoms with Crippen LogP contribution in [0, 0.1) is 0 Å². The summed E-state index contributed by atoms with van der Waals surface area (Å²) < 4.78 is 4.03. The molecule has 1 fully saturated rings. The fourth-order valence-corrected chi connectivity index (χ4v) is 2.32. The van der Waals surface area contributed by atoms with E-state index < -0.39 is 9.39 Å². The van der Waals surface area contributed by atoms with E-state index in [0.29, 0.717) is 12.2 Å². The highest BCUT2D eigenvalue weighted by molar-refractivity contribution is 6.67. The van der Waals surface area contributed by atoms with Crippen LogP contribution in [0.5, 0.6) is 0 Å². The summed E-state index contributed by atoms with van der Waals surface area (Å²) in [5.41, 5.74) is 0.935. The lowest BCUT2D eigenvalue weighted by Crippen LogP contribution is -2.18. The van der Waals surface area contributed by atoms with E-state index >= 15 is 0 Å². The van der Waals surface area contributed by atoms with Crippen molar-refractivity contribution in [2.45, 2.75) is 15.8 Å². The molecule has 1 unspecified atom stereocenters. The lowest BCUT2D eigenvalue weighted by Gasteiger charge is -2.18. The van der Waals surface area contributed by atoms with Crippen LogP contribution in [-0.4, -0.2) is 16.7 Å². The second-order valence-corrected chi connectivity index (χ2v) is 6.33. The third kappa shape index (κ3) is 2.69. The lowest BCUT2D eigenvalue weighted by atomic mass is 9.95. The normalized spacial score (nSPS) is 24.2. The quantitative estimate of drug-likeness (QED) is 0.481. The van der Waals surface area contributed by atoms with Gasteiger partial charge in [-0.2, -0.15) is 0 Å². The van der Waals surface area contributed by atoms with Gasteiger partial charge in [0.05, 0.1) is 6.61 Å². The maximum absolute atomic E-state index is 10.7. The molecule has 2 nitrogen and oxygen atoms in total. The second kappa shape index (κ2) is 4.19. The first-order chi connectivity index (χ1) is 7.45. The molecule has 2 rings (SSSR count). The van der Waals surface area contributed by atoms with E-state index in [2.05, 4.69) is 0 Å². The van der Waals surface area contributed by atoms with Gasteiger partial charge in [-0.25, -0.2) is 0 Å². The van der Waals surface area contributed by atoms with Gasteiger partial charge in [-0.15, -0.1) is 0 Å². The second-order valence-electron chi connectivity index (χ2n) is 3.82. The zero-order valence-electron chi connectivity index (χ0n) is 8.25. The first-order valence-corrected chi connectivity index (χ1v) is 5.85. The molecule has 1 aliphatic rings. The number of epoxide rings is 1. The van der Waals surface area contributed by atoms with Crippen LogP contribution in [0.2, 0.25) is 0 Å². The molecule has 16 heavy (non-hydrogen) atoms. The van der Waals surface area contributed by atoms with E-state index in [9.17, 15) is 4.79 Å². The Balaban J connectivity index is 2.26. The number of aldehydes is 1. The molecule has 1 heterocycles. The van der Waals surface area contributed by atoms with Gasteiger partial charge >= 0.3 is 0 Å². The van der Waals surface area contributed by atoms with Gasteiger partial charge < -0.3 is 4.74 Å². The molecule has 0 saturated carbocycles. The van der Waals surface area contributed by atoms with Crippen molar-refractivity contribution in [1.82, 2.24) is 0 Å². The minimum absolute atomic E-state index is 0.285. The summed E-state index contributed by atoms with van der Waals surface area (Å²) >= 11 is 17.3. The van der Waals surface area contributed by atoms with Crippen LogP contribution in [-0.2, 0) is 10.3 Å². The molecule has 5 heteroatoms. The Morgan fingerprint density at radius 3 is 2.62 bits per heavy atom. The van der Waals surface area contributed by atoms with Crippen molar-refractivity contribution < 1.29 is 9.53 Å². The number of carbonyl (C=O) groups excluding carboxylic acids is 1. The molecule has 0 amide bonds. The first-order valence-electron chi connectivity index (χ1n) is 4.72. The smallest absolute Gasteiger partial charge is 0.193 e. The fraction of sp³-hybridized carbons (Fsp3) is 0.364. The highest BCUT2D eigenvalue weighted by Crippen LogP contribution is 2.49. The topological polar surface area (TPSA) is 29.6 Å². The molecular formula is C11H9Cl3O2. The molecule has 86 valence electrons. The number of hydrogen-bond donors (Lipinski definition) is 0. The zero-order valence-corrected chi connectivity index (χ0v) is 10.5. The Hall–Kier alpha value is -0.280. The molecule has 1 aromatic rings. The first kappa shape index (κ1) is 12.2. The van der Waals surface area contributed by atoms with Crippen molar-refractivity contribution in [3.8, 4) is 0 Å². The van der Waals surface area contributed by atoms with Crippen molar-refractivity contribution in [2.24, 2.45) is 0 Å². The summed E-state index contributed by atoms with van der Waals surface area (Å²) in [7, 11) is 0. The number of rotatable bonds is 3. The predicted octanol–water partition coefficient (Wildman–Crippen LogP) is 3.48. The molecule has 1 aromatic carbocycles. The van der Waals surface area contributed by atoms with Crippen LogP contribution in [0.15, 0.2) is 24.3 Å². The van der Waals surface area contributed by atoms with E-state index in [1.807, 2.05) is 6.07 Å². The maximum atomic E-state index is 10.7. The maximum Gasteiger partial charge on any atom is 0.193 e. The minimum Gasteiger partial charge on any atom is -0.364 e. The highest BCUT2D eigenvalue weighted by atomic mass is 35.6. The van der Waals surface area contributed by atoms with Gasteiger partial charge in [-0.05, 0) is 11.6 Å². The Labute approximate surface area is 108 Å². The molecule has 0 spiro atoms. The minimum atomic E-state index is -1.35. The van der Waals surface area contributed by atoms with E-state index in [1.54, 1.807) is 18.2 Å². The predicted molar refractivity (Wildman–Crippen MR) is 64.4 cm³/mol. The average Bonchev–Trinajstić information content (AvgIpc) is 2.96. The summed E-state index contributed by atoms with van der Waals surface area (Å²) in [6, 6.07) is 7.15. The van der Waals surface area contributed by atoms with Crippen molar-refractivity contribution in [1.29, 1.82) is 0 Å². The number of benzene rings is 1. The standard InChI is InChI=1S/C11H9Cl3O2/c12-11(13,14)6-10(7-16-10)9-3-1-2-8(4-9)5-15/h1-5H,6-7H2. The van der Waals surface area contributed by atoms with Crippen molar-refractivity contribution in [2.75, 3.05) is 6.61 Å². The van der Waals surface area contributed by atoms with Gasteiger partial charge in [0, 0.05) is 12.0 Å². The summed E-state index contributed by atoms with van der Waals surface area (Å²) in [4.78, 5) is 10.7. The Morgan fingerprint density at radius 2 is 2.12 bits per heavy atom. The van der Waals surface area contributed by atoms with Gasteiger partial charge in [0.2, 0.25) is 0 Å². The fourth-order valence-electron chi connectivity index (χ4n) is 1.68. The number of halogens is 3. The van der Waals surface area contributed by atoms with Crippen LogP contribution >= 0.6 is 34.8 Å². The third-order valence-corrected chi connectivity index (χ3v) is 2.93. The lowest BCUT2D eigenvalue weighted by molar-refractivity contribution is 0.112. The molecule has 0 bridgehead atoms. The van der Waals surface area contributed by atoms with Gasteiger partial charge in [0.25, 0.3) is 0 Å². The van der Waals surface area contributed by atoms with E-state index in [1.165, 1.54) is 0 Å². The monoisotopic (exact) mass is 278 g/mol. The van der Waals surface area contributed by atoms with Crippen LogP contribution < -0.4 is 0 Å². The largest absolute Gasteiger partial charge is 0.364 e. The number of alkyl halides is 3. The molecule has 0 N–H and O–H groups in total. The molecule has 0 aromatic heterocycles. The molecule has 1 atom stereocenters. The molecular weight excluding hydrogens is 270 g/mol. The number of ether oxygens (including phenoxy) is 1. The number of carbonyl (C=O) groups is 1. The van der Waals surface area contributed by atoms with E-state index in [4.69, 9.17) is 39.5 Å². The van der Waals surface area contributed by atoms with Gasteiger partial charge in [0.1, 0.15) is 11.9 Å². The van der Waals surface area contributed by atoms with Crippen molar-refractivity contribution >= 4 is 41.1 Å². The van der Waals surface area contributed by atoms with Crippen LogP contribution in [0.1, 0.15) is 22.3 Å². The zero-order chi connectivity index (χ0) is 11.8. The Kier molecular flexibility index (Phi) is 3.19. The highest BCUT2D eigenvalue weighted by Gasteiger charge is 2.51. The van der Waals surface area contributed by atoms with Gasteiger partial charge in [0.15, 0.2) is 3.79 Å². The van der Waals surface area contributed by atoms with E-state index in [-0.39, 0.29) is 6.42 Å². The summed E-state index contributed by atoms with van der Waals surface area (Å²) in [6.07, 6.45) is 1.07. The van der Waals surface area contributed by atoms with Gasteiger partial charge in [-0.3, -0.25) is 4.79 Å². The summed E-state index contributed by atoms with van der Waals surface area (Å²) in [5.74, 6) is 0. The molecule has 0 aliphatic carbocycles. The van der Waals surface area contributed by atoms with E-state index in [0.717, 1.165) is 11.8 Å². The SMILES string of the molecule is O=Cc1cccc(C2(CC(Cl)(Cl)Cl)CO2)c1. The summed E-state index contributed by atoms with van der Waals surface area (Å²) in [6.45, 7) is 0.517. The molecule has 1 saturated heterocycles. The summed E-state index contributed by atoms with van der Waals surface area (Å²) in [5, 5.41) is 0. The third-order valence-electron chi connectivity index (χ3n) is 2.53. The van der Waals surface area contributed by atoms with Gasteiger partial charge in [-0.1, -0.05) is 53.0 Å².